The van der Waals surface area contributed by atoms with Crippen LogP contribution in [0.25, 0.3) is 0 Å². The van der Waals surface area contributed by atoms with Crippen LogP contribution in [0.4, 0.5) is 5.82 Å². The molecule has 1 aromatic rings. The van der Waals surface area contributed by atoms with Gasteiger partial charge in [-0.2, -0.15) is 0 Å². The van der Waals surface area contributed by atoms with Gasteiger partial charge in [0.25, 0.3) is 0 Å². The summed E-state index contributed by atoms with van der Waals surface area (Å²) in [5, 5.41) is 9.68. The molecule has 2 fully saturated rings. The van der Waals surface area contributed by atoms with Crippen molar-refractivity contribution < 1.29 is 9.84 Å². The van der Waals surface area contributed by atoms with Crippen molar-refractivity contribution in [1.29, 1.82) is 0 Å². The zero-order valence-electron chi connectivity index (χ0n) is 12.0. The zero-order chi connectivity index (χ0) is 13.9. The maximum Gasteiger partial charge on any atom is 0.128 e. The van der Waals surface area contributed by atoms with Gasteiger partial charge >= 0.3 is 0 Å². The molecule has 1 unspecified atom stereocenters. The van der Waals surface area contributed by atoms with Crippen molar-refractivity contribution in [2.75, 3.05) is 44.3 Å². The number of aromatic nitrogens is 1. The highest BCUT2D eigenvalue weighted by Gasteiger charge is 2.29. The number of hydrogen-bond donors (Lipinski definition) is 1. The zero-order valence-corrected chi connectivity index (χ0v) is 12.0. The summed E-state index contributed by atoms with van der Waals surface area (Å²) >= 11 is 0. The minimum Gasteiger partial charge on any atom is -0.389 e. The predicted octanol–water partition coefficient (Wildman–Crippen LogP) is 1.05. The number of pyridine rings is 1. The summed E-state index contributed by atoms with van der Waals surface area (Å²) in [6.07, 6.45) is 2.54. The third-order valence-corrected chi connectivity index (χ3v) is 4.30. The molecule has 3 heterocycles. The Kier molecular flexibility index (Phi) is 4.19. The number of anilines is 1. The average Bonchev–Trinajstić information content (AvgIpc) is 2.98. The molecule has 0 saturated carbocycles. The Morgan fingerprint density at radius 2 is 2.15 bits per heavy atom. The normalized spacial score (nSPS) is 25.9. The highest BCUT2D eigenvalue weighted by atomic mass is 16.5. The Balaban J connectivity index is 1.65. The lowest BCUT2D eigenvalue weighted by Crippen LogP contribution is -2.44. The second kappa shape index (κ2) is 6.08. The molecular weight excluding hydrogens is 254 g/mol. The molecule has 0 radical (unpaired) electrons. The minimum absolute atomic E-state index is 0.436. The van der Waals surface area contributed by atoms with Crippen LogP contribution in [0.1, 0.15) is 25.0 Å². The molecule has 20 heavy (non-hydrogen) atoms. The lowest BCUT2D eigenvalue weighted by atomic mass is 10.2. The molecule has 0 aliphatic carbocycles. The fraction of sp³-hybridized carbons (Fsp3) is 0.667. The molecule has 1 aromatic heterocycles. The summed E-state index contributed by atoms with van der Waals surface area (Å²) in [7, 11) is 0. The van der Waals surface area contributed by atoms with Gasteiger partial charge in [0.1, 0.15) is 5.82 Å². The summed E-state index contributed by atoms with van der Waals surface area (Å²) < 4.78 is 5.42. The van der Waals surface area contributed by atoms with E-state index in [0.29, 0.717) is 6.04 Å². The van der Waals surface area contributed by atoms with Gasteiger partial charge in [0.2, 0.25) is 0 Å². The van der Waals surface area contributed by atoms with Crippen LogP contribution in [0.3, 0.4) is 0 Å². The Morgan fingerprint density at radius 3 is 2.90 bits per heavy atom. The smallest absolute Gasteiger partial charge is 0.128 e. The molecule has 110 valence electrons. The predicted molar refractivity (Wildman–Crippen MR) is 77.9 cm³/mol. The van der Waals surface area contributed by atoms with Gasteiger partial charge in [-0.05, 0) is 31.0 Å². The Bertz CT molecular complexity index is 446. The summed E-state index contributed by atoms with van der Waals surface area (Å²) in [5.41, 5.74) is 0.935. The maximum absolute atomic E-state index is 9.68. The van der Waals surface area contributed by atoms with Gasteiger partial charge in [0, 0.05) is 38.4 Å². The fourth-order valence-corrected chi connectivity index (χ4v) is 3.06. The number of hydrogen-bond acceptors (Lipinski definition) is 5. The first-order valence-electron chi connectivity index (χ1n) is 7.45. The molecule has 2 atom stereocenters. The molecular formula is C15H23N3O2. The minimum atomic E-state index is -0.436. The number of ether oxygens (including phenoxy) is 1. The van der Waals surface area contributed by atoms with E-state index >= 15 is 0 Å². The molecule has 0 aromatic carbocycles. The summed E-state index contributed by atoms with van der Waals surface area (Å²) in [6.45, 7) is 7.64. The number of aliphatic hydroxyl groups is 1. The molecule has 2 aliphatic rings. The highest BCUT2D eigenvalue weighted by molar-refractivity contribution is 5.43. The van der Waals surface area contributed by atoms with Crippen LogP contribution in [0.2, 0.25) is 0 Å². The molecule has 2 saturated heterocycles. The van der Waals surface area contributed by atoms with Crippen molar-refractivity contribution in [2.45, 2.75) is 25.5 Å². The number of nitrogens with zero attached hydrogens (tertiary/aromatic N) is 3. The monoisotopic (exact) mass is 277 g/mol. The van der Waals surface area contributed by atoms with E-state index in [9.17, 15) is 5.11 Å². The fourth-order valence-electron chi connectivity index (χ4n) is 3.06. The lowest BCUT2D eigenvalue weighted by Gasteiger charge is -2.32. The van der Waals surface area contributed by atoms with E-state index in [0.717, 1.165) is 50.8 Å². The van der Waals surface area contributed by atoms with Crippen molar-refractivity contribution >= 4 is 5.82 Å². The van der Waals surface area contributed by atoms with Crippen LogP contribution >= 0.6 is 0 Å². The number of aliphatic hydroxyl groups excluding tert-OH is 1. The molecule has 0 spiro atoms. The SMILES string of the molecule is C[C@@H](O)c1ccnc(N2CCC(N3CCOCC3)C2)c1. The third kappa shape index (κ3) is 2.95. The van der Waals surface area contributed by atoms with Crippen LogP contribution in [0, 0.1) is 0 Å². The van der Waals surface area contributed by atoms with E-state index in [4.69, 9.17) is 4.74 Å². The number of rotatable bonds is 3. The van der Waals surface area contributed by atoms with E-state index in [1.54, 1.807) is 13.1 Å². The van der Waals surface area contributed by atoms with E-state index in [2.05, 4.69) is 14.8 Å². The van der Waals surface area contributed by atoms with Gasteiger partial charge in [-0.1, -0.05) is 0 Å². The lowest BCUT2D eigenvalue weighted by molar-refractivity contribution is 0.0209. The quantitative estimate of drug-likeness (QED) is 0.895. The van der Waals surface area contributed by atoms with Gasteiger partial charge in [-0.15, -0.1) is 0 Å². The summed E-state index contributed by atoms with van der Waals surface area (Å²) in [4.78, 5) is 9.31. The van der Waals surface area contributed by atoms with Gasteiger partial charge in [-0.25, -0.2) is 4.98 Å². The van der Waals surface area contributed by atoms with Crippen LogP contribution in [0.15, 0.2) is 18.3 Å². The first-order chi connectivity index (χ1) is 9.74. The second-order valence-electron chi connectivity index (χ2n) is 5.66. The van der Waals surface area contributed by atoms with Crippen LogP contribution in [-0.2, 0) is 4.74 Å². The van der Waals surface area contributed by atoms with Gasteiger partial charge in [0.15, 0.2) is 0 Å². The molecule has 0 amide bonds. The summed E-state index contributed by atoms with van der Waals surface area (Å²) in [6, 6.07) is 4.49. The van der Waals surface area contributed by atoms with Crippen LogP contribution in [0.5, 0.6) is 0 Å². The maximum atomic E-state index is 9.68. The molecule has 0 bridgehead atoms. The van der Waals surface area contributed by atoms with E-state index < -0.39 is 6.10 Å². The largest absolute Gasteiger partial charge is 0.389 e. The second-order valence-corrected chi connectivity index (χ2v) is 5.66. The first kappa shape index (κ1) is 13.8. The third-order valence-electron chi connectivity index (χ3n) is 4.30. The Labute approximate surface area is 120 Å². The molecule has 1 N–H and O–H groups in total. The van der Waals surface area contributed by atoms with E-state index in [1.807, 2.05) is 12.1 Å². The molecule has 3 rings (SSSR count). The van der Waals surface area contributed by atoms with Crippen molar-refractivity contribution in [3.05, 3.63) is 23.9 Å². The van der Waals surface area contributed by atoms with Crippen LogP contribution < -0.4 is 4.90 Å². The van der Waals surface area contributed by atoms with Gasteiger partial charge < -0.3 is 14.7 Å². The van der Waals surface area contributed by atoms with E-state index in [1.165, 1.54) is 6.42 Å². The Hall–Kier alpha value is -1.17. The average molecular weight is 277 g/mol. The van der Waals surface area contributed by atoms with Gasteiger partial charge in [-0.3, -0.25) is 4.90 Å². The standard InChI is InChI=1S/C15H23N3O2/c1-12(19)13-2-4-16-15(10-13)18-5-3-14(11-18)17-6-8-20-9-7-17/h2,4,10,12,14,19H,3,5-9,11H2,1H3/t12-,14?/m1/s1. The topological polar surface area (TPSA) is 48.8 Å². The number of morpholine rings is 1. The highest BCUT2D eigenvalue weighted by Crippen LogP contribution is 2.24. The first-order valence-corrected chi connectivity index (χ1v) is 7.45. The van der Waals surface area contributed by atoms with Crippen molar-refractivity contribution in [3.8, 4) is 0 Å². The van der Waals surface area contributed by atoms with Crippen molar-refractivity contribution in [1.82, 2.24) is 9.88 Å². The summed E-state index contributed by atoms with van der Waals surface area (Å²) in [5.74, 6) is 0.985. The van der Waals surface area contributed by atoms with Crippen LogP contribution in [-0.4, -0.2) is 60.4 Å². The van der Waals surface area contributed by atoms with E-state index in [-0.39, 0.29) is 0 Å². The van der Waals surface area contributed by atoms with Crippen molar-refractivity contribution in [2.24, 2.45) is 0 Å². The van der Waals surface area contributed by atoms with Crippen molar-refractivity contribution in [3.63, 3.8) is 0 Å². The molecule has 5 nitrogen and oxygen atoms in total. The molecule has 2 aliphatic heterocycles. The molecule has 5 heteroatoms. The Morgan fingerprint density at radius 1 is 1.35 bits per heavy atom. The van der Waals surface area contributed by atoms with Gasteiger partial charge in [0.05, 0.1) is 19.3 Å².